The Balaban J connectivity index is 1.95. The lowest BCUT2D eigenvalue weighted by Gasteiger charge is -2.35. The summed E-state index contributed by atoms with van der Waals surface area (Å²) in [5, 5.41) is 0. The van der Waals surface area contributed by atoms with Crippen molar-refractivity contribution in [2.75, 3.05) is 39.4 Å². The highest BCUT2D eigenvalue weighted by molar-refractivity contribution is 5.33. The molecule has 0 fully saturated rings. The zero-order valence-corrected chi connectivity index (χ0v) is 23.3. The summed E-state index contributed by atoms with van der Waals surface area (Å²) in [4.78, 5) is 4.86. The zero-order chi connectivity index (χ0) is 25.1. The zero-order valence-electron chi connectivity index (χ0n) is 23.3. The first-order valence-electron chi connectivity index (χ1n) is 14.7. The topological polar surface area (TPSA) is 34.2 Å². The molecule has 2 atom stereocenters. The number of ether oxygens (including phenoxy) is 3. The van der Waals surface area contributed by atoms with Crippen molar-refractivity contribution in [1.29, 1.82) is 0 Å². The van der Waals surface area contributed by atoms with Crippen LogP contribution in [0.25, 0.3) is 0 Å². The van der Waals surface area contributed by atoms with E-state index in [4.69, 9.17) is 14.2 Å². The lowest BCUT2D eigenvalue weighted by atomic mass is 10.1. The van der Waals surface area contributed by atoms with Crippen LogP contribution in [-0.2, 0) is 4.74 Å². The van der Waals surface area contributed by atoms with Crippen LogP contribution in [0.2, 0.25) is 0 Å². The third-order valence-corrected chi connectivity index (χ3v) is 7.10. The van der Waals surface area contributed by atoms with Gasteiger partial charge in [0.15, 0.2) is 12.5 Å². The summed E-state index contributed by atoms with van der Waals surface area (Å²) in [6, 6.07) is 8.14. The van der Waals surface area contributed by atoms with Crippen LogP contribution < -0.4 is 9.47 Å². The molecular weight excluding hydrogens is 436 g/mol. The molecule has 0 amide bonds. The molecule has 1 aromatic rings. The van der Waals surface area contributed by atoms with Gasteiger partial charge < -0.3 is 14.2 Å². The maximum atomic E-state index is 6.42. The quantitative estimate of drug-likeness (QED) is 0.199. The molecule has 5 nitrogen and oxygen atoms in total. The van der Waals surface area contributed by atoms with Crippen molar-refractivity contribution < 1.29 is 14.2 Å². The molecule has 1 aliphatic rings. The second kappa shape index (κ2) is 18.9. The van der Waals surface area contributed by atoms with Crippen LogP contribution in [0.4, 0.5) is 0 Å². The average molecular weight is 491 g/mol. The van der Waals surface area contributed by atoms with E-state index in [1.165, 1.54) is 77.0 Å². The van der Waals surface area contributed by atoms with Crippen LogP contribution in [0, 0.1) is 0 Å². The minimum Gasteiger partial charge on any atom is -0.473 e. The van der Waals surface area contributed by atoms with Crippen molar-refractivity contribution in [3.63, 3.8) is 0 Å². The van der Waals surface area contributed by atoms with Gasteiger partial charge in [0.2, 0.25) is 0 Å². The first-order valence-corrected chi connectivity index (χ1v) is 14.7. The molecule has 2 rings (SSSR count). The van der Waals surface area contributed by atoms with Crippen LogP contribution in [0.15, 0.2) is 24.3 Å². The number of benzene rings is 1. The Kier molecular flexibility index (Phi) is 16.2. The summed E-state index contributed by atoms with van der Waals surface area (Å²) in [6.45, 7) is 14.1. The molecule has 35 heavy (non-hydrogen) atoms. The Labute approximate surface area is 216 Å². The van der Waals surface area contributed by atoms with Gasteiger partial charge in [-0.05, 0) is 38.1 Å². The normalized spacial score (nSPS) is 18.5. The van der Waals surface area contributed by atoms with Gasteiger partial charge in [0.1, 0.15) is 11.5 Å². The second-order valence-electron chi connectivity index (χ2n) is 9.95. The molecule has 0 N–H and O–H groups in total. The first-order chi connectivity index (χ1) is 17.2. The van der Waals surface area contributed by atoms with Crippen LogP contribution in [0.1, 0.15) is 105 Å². The van der Waals surface area contributed by atoms with Gasteiger partial charge in [0.25, 0.3) is 0 Å². The van der Waals surface area contributed by atoms with Gasteiger partial charge in [-0.3, -0.25) is 9.80 Å². The number of fused-ring (bicyclic) bond motifs is 2. The van der Waals surface area contributed by atoms with Crippen molar-refractivity contribution in [1.82, 2.24) is 9.80 Å². The van der Waals surface area contributed by atoms with E-state index >= 15 is 0 Å². The molecule has 0 saturated carbocycles. The SMILES string of the molecule is CCCCCCCCN(CC)C1COCC(N(CC)CCCCCCCC)Oc2cccc(c2)O1. The number of hydrogen-bond acceptors (Lipinski definition) is 5. The van der Waals surface area contributed by atoms with Crippen molar-refractivity contribution in [2.45, 2.75) is 117 Å². The summed E-state index contributed by atoms with van der Waals surface area (Å²) >= 11 is 0. The molecule has 0 aliphatic carbocycles. The molecule has 0 saturated heterocycles. The Morgan fingerprint density at radius 1 is 0.629 bits per heavy atom. The monoisotopic (exact) mass is 490 g/mol. The van der Waals surface area contributed by atoms with Crippen molar-refractivity contribution in [3.05, 3.63) is 24.3 Å². The summed E-state index contributed by atoms with van der Waals surface area (Å²) < 4.78 is 19.1. The summed E-state index contributed by atoms with van der Waals surface area (Å²) in [5.41, 5.74) is 0. The van der Waals surface area contributed by atoms with E-state index in [1.54, 1.807) is 0 Å². The van der Waals surface area contributed by atoms with Crippen molar-refractivity contribution in [2.24, 2.45) is 0 Å². The fourth-order valence-electron chi connectivity index (χ4n) is 4.83. The van der Waals surface area contributed by atoms with E-state index in [0.29, 0.717) is 13.2 Å². The molecule has 0 aromatic heterocycles. The lowest BCUT2D eigenvalue weighted by molar-refractivity contribution is -0.0875. The van der Waals surface area contributed by atoms with E-state index in [2.05, 4.69) is 37.5 Å². The molecular formula is C30H54N2O3. The molecule has 1 aliphatic heterocycles. The molecule has 0 spiro atoms. The standard InChI is InChI=1S/C30H54N2O3/c1-5-9-11-13-15-17-22-31(7-3)29-25-33-26-30(35-28-21-19-20-27(24-28)34-29)32(8-4)23-18-16-14-12-10-6-2/h19-21,24,29-30H,5-18,22-23,25-26H2,1-4H3. The highest BCUT2D eigenvalue weighted by Gasteiger charge is 2.25. The predicted molar refractivity (Wildman–Crippen MR) is 147 cm³/mol. The highest BCUT2D eigenvalue weighted by atomic mass is 16.6. The third-order valence-electron chi connectivity index (χ3n) is 7.10. The van der Waals surface area contributed by atoms with E-state index in [-0.39, 0.29) is 12.5 Å². The maximum absolute atomic E-state index is 6.42. The van der Waals surface area contributed by atoms with Crippen molar-refractivity contribution >= 4 is 0 Å². The molecule has 202 valence electrons. The van der Waals surface area contributed by atoms with Crippen LogP contribution >= 0.6 is 0 Å². The van der Waals surface area contributed by atoms with E-state index in [1.807, 2.05) is 24.3 Å². The number of hydrogen-bond donors (Lipinski definition) is 0. The van der Waals surface area contributed by atoms with E-state index in [9.17, 15) is 0 Å². The minimum atomic E-state index is -0.0710. The van der Waals surface area contributed by atoms with Gasteiger partial charge in [0.05, 0.1) is 13.2 Å². The van der Waals surface area contributed by atoms with E-state index in [0.717, 1.165) is 37.7 Å². The number of likely N-dealkylation sites (N-methyl/N-ethyl adjacent to an activating group) is 2. The fourth-order valence-corrected chi connectivity index (χ4v) is 4.83. The summed E-state index contributed by atoms with van der Waals surface area (Å²) in [6.07, 6.45) is 15.5. The highest BCUT2D eigenvalue weighted by Crippen LogP contribution is 2.25. The van der Waals surface area contributed by atoms with Crippen LogP contribution in [0.5, 0.6) is 11.5 Å². The van der Waals surface area contributed by atoms with Gasteiger partial charge in [-0.15, -0.1) is 0 Å². The summed E-state index contributed by atoms with van der Waals surface area (Å²) in [5.74, 6) is 1.72. The Morgan fingerprint density at radius 3 is 1.49 bits per heavy atom. The molecule has 1 heterocycles. The van der Waals surface area contributed by atoms with Gasteiger partial charge in [-0.25, -0.2) is 0 Å². The van der Waals surface area contributed by atoms with Crippen molar-refractivity contribution in [3.8, 4) is 11.5 Å². The second-order valence-corrected chi connectivity index (χ2v) is 9.95. The van der Waals surface area contributed by atoms with Gasteiger partial charge in [-0.2, -0.15) is 0 Å². The number of unbranched alkanes of at least 4 members (excludes halogenated alkanes) is 10. The Bertz CT molecular complexity index is 593. The fraction of sp³-hybridized carbons (Fsp3) is 0.800. The van der Waals surface area contributed by atoms with Crippen LogP contribution in [0.3, 0.4) is 0 Å². The molecule has 2 unspecified atom stereocenters. The average Bonchev–Trinajstić information content (AvgIpc) is 2.87. The predicted octanol–water partition coefficient (Wildman–Crippen LogP) is 7.49. The Hall–Kier alpha value is -1.30. The smallest absolute Gasteiger partial charge is 0.176 e. The third kappa shape index (κ3) is 12.0. The van der Waals surface area contributed by atoms with Gasteiger partial charge >= 0.3 is 0 Å². The largest absolute Gasteiger partial charge is 0.473 e. The molecule has 1 aromatic carbocycles. The van der Waals surface area contributed by atoms with Crippen LogP contribution in [-0.4, -0.2) is 61.6 Å². The number of nitrogens with zero attached hydrogens (tertiary/aromatic N) is 2. The summed E-state index contributed by atoms with van der Waals surface area (Å²) in [7, 11) is 0. The van der Waals surface area contributed by atoms with Gasteiger partial charge in [-0.1, -0.05) is 98.0 Å². The van der Waals surface area contributed by atoms with E-state index < -0.39 is 0 Å². The van der Waals surface area contributed by atoms with Gasteiger partial charge in [0, 0.05) is 19.2 Å². The first kappa shape index (κ1) is 29.9. The number of rotatable bonds is 18. The molecule has 2 bridgehead atoms. The Morgan fingerprint density at radius 2 is 1.06 bits per heavy atom. The maximum Gasteiger partial charge on any atom is 0.176 e. The lowest BCUT2D eigenvalue weighted by Crippen LogP contribution is -2.47. The minimum absolute atomic E-state index is 0.0710. The molecule has 5 heteroatoms. The molecule has 0 radical (unpaired) electrons.